The number of aromatic nitrogens is 1. The molecule has 0 saturated carbocycles. The first-order chi connectivity index (χ1) is 13.2. The topological polar surface area (TPSA) is 63.2 Å². The summed E-state index contributed by atoms with van der Waals surface area (Å²) in [5, 5.41) is 6.15. The first-order valence-corrected chi connectivity index (χ1v) is 8.90. The van der Waals surface area contributed by atoms with E-state index in [-0.39, 0.29) is 5.91 Å². The van der Waals surface area contributed by atoms with Crippen LogP contribution in [0.3, 0.4) is 0 Å². The number of carbonyl (C=O) groups excluding carboxylic acids is 1. The van der Waals surface area contributed by atoms with Crippen LogP contribution in [0.5, 0.6) is 5.75 Å². The molecule has 27 heavy (non-hydrogen) atoms. The molecule has 5 nitrogen and oxygen atoms in total. The minimum absolute atomic E-state index is 0.0557. The number of carbonyl (C=O) groups is 1. The lowest BCUT2D eigenvalue weighted by molar-refractivity contribution is -0.115. The van der Waals surface area contributed by atoms with E-state index in [1.165, 1.54) is 0 Å². The lowest BCUT2D eigenvalue weighted by atomic mass is 10.1. The molecule has 2 aromatic carbocycles. The molecule has 0 radical (unpaired) electrons. The molecule has 0 unspecified atom stereocenters. The highest BCUT2D eigenvalue weighted by molar-refractivity contribution is 5.92. The average Bonchev–Trinajstić information content (AvgIpc) is 2.70. The number of nitrogens with zero attached hydrogens (tertiary/aromatic N) is 1. The number of hydrogen-bond acceptors (Lipinski definition) is 4. The molecular formula is C22H23N3O2. The Labute approximate surface area is 159 Å². The number of hydrogen-bond donors (Lipinski definition) is 2. The van der Waals surface area contributed by atoms with E-state index in [2.05, 4.69) is 21.7 Å². The van der Waals surface area contributed by atoms with Crippen molar-refractivity contribution in [2.75, 3.05) is 24.3 Å². The third-order valence-corrected chi connectivity index (χ3v) is 4.15. The monoisotopic (exact) mass is 361 g/mol. The van der Waals surface area contributed by atoms with Crippen LogP contribution < -0.4 is 15.4 Å². The summed E-state index contributed by atoms with van der Waals surface area (Å²) < 4.78 is 5.36. The van der Waals surface area contributed by atoms with Crippen molar-refractivity contribution in [3.05, 3.63) is 84.1 Å². The maximum absolute atomic E-state index is 12.1. The maximum Gasteiger partial charge on any atom is 0.228 e. The lowest BCUT2D eigenvalue weighted by Gasteiger charge is -2.10. The highest BCUT2D eigenvalue weighted by Gasteiger charge is 2.05. The summed E-state index contributed by atoms with van der Waals surface area (Å²) >= 11 is 0. The molecule has 1 aromatic heterocycles. The Hall–Kier alpha value is -3.34. The van der Waals surface area contributed by atoms with Crippen molar-refractivity contribution in [1.29, 1.82) is 0 Å². The molecule has 5 heteroatoms. The molecule has 0 saturated heterocycles. The van der Waals surface area contributed by atoms with Crippen molar-refractivity contribution in [2.24, 2.45) is 0 Å². The molecule has 0 fully saturated rings. The van der Waals surface area contributed by atoms with E-state index < -0.39 is 0 Å². The lowest BCUT2D eigenvalue weighted by Crippen LogP contribution is -2.14. The predicted octanol–water partition coefficient (Wildman–Crippen LogP) is 3.93. The molecule has 0 bridgehead atoms. The Bertz CT molecular complexity index is 864. The minimum Gasteiger partial charge on any atom is -0.496 e. The van der Waals surface area contributed by atoms with Gasteiger partial charge in [-0.25, -0.2) is 4.98 Å². The number of rotatable bonds is 8. The van der Waals surface area contributed by atoms with Crippen LogP contribution in [0.1, 0.15) is 11.1 Å². The van der Waals surface area contributed by atoms with E-state index in [4.69, 9.17) is 4.74 Å². The van der Waals surface area contributed by atoms with Gasteiger partial charge in [-0.3, -0.25) is 4.79 Å². The fourth-order valence-electron chi connectivity index (χ4n) is 2.79. The van der Waals surface area contributed by atoms with Crippen LogP contribution in [0.4, 0.5) is 11.5 Å². The van der Waals surface area contributed by atoms with Gasteiger partial charge < -0.3 is 15.4 Å². The third-order valence-electron chi connectivity index (χ3n) is 4.15. The normalized spacial score (nSPS) is 10.3. The fourth-order valence-corrected chi connectivity index (χ4v) is 2.79. The highest BCUT2D eigenvalue weighted by Crippen LogP contribution is 2.18. The molecule has 0 aliphatic rings. The van der Waals surface area contributed by atoms with E-state index >= 15 is 0 Å². The summed E-state index contributed by atoms with van der Waals surface area (Å²) in [6.07, 6.45) is 2.84. The quantitative estimate of drug-likeness (QED) is 0.638. The molecule has 2 N–H and O–H groups in total. The van der Waals surface area contributed by atoms with Gasteiger partial charge in [0.2, 0.25) is 5.91 Å². The van der Waals surface area contributed by atoms with E-state index in [0.29, 0.717) is 12.1 Å². The van der Waals surface area contributed by atoms with E-state index in [1.807, 2.05) is 60.7 Å². The second kappa shape index (κ2) is 9.38. The number of nitrogens with one attached hydrogen (secondary N) is 2. The zero-order chi connectivity index (χ0) is 18.9. The second-order valence-corrected chi connectivity index (χ2v) is 6.13. The highest BCUT2D eigenvalue weighted by atomic mass is 16.5. The molecular weight excluding hydrogens is 338 g/mol. The van der Waals surface area contributed by atoms with Crippen molar-refractivity contribution in [1.82, 2.24) is 4.98 Å². The van der Waals surface area contributed by atoms with Crippen LogP contribution in [0, 0.1) is 0 Å². The van der Waals surface area contributed by atoms with Crippen molar-refractivity contribution in [3.8, 4) is 5.75 Å². The molecule has 138 valence electrons. The molecule has 0 aliphatic heterocycles. The van der Waals surface area contributed by atoms with Crippen LogP contribution in [-0.4, -0.2) is 24.5 Å². The average molecular weight is 361 g/mol. The summed E-state index contributed by atoms with van der Waals surface area (Å²) in [6.45, 7) is 0.743. The molecule has 0 aliphatic carbocycles. The summed E-state index contributed by atoms with van der Waals surface area (Å²) in [5.74, 6) is 1.61. The summed E-state index contributed by atoms with van der Waals surface area (Å²) in [4.78, 5) is 16.4. The van der Waals surface area contributed by atoms with Gasteiger partial charge >= 0.3 is 0 Å². The zero-order valence-corrected chi connectivity index (χ0v) is 15.3. The van der Waals surface area contributed by atoms with Gasteiger partial charge in [0.25, 0.3) is 0 Å². The van der Waals surface area contributed by atoms with Crippen molar-refractivity contribution in [3.63, 3.8) is 0 Å². The number of amides is 1. The Morgan fingerprint density at radius 1 is 1.00 bits per heavy atom. The summed E-state index contributed by atoms with van der Waals surface area (Å²) in [6, 6.07) is 21.3. The van der Waals surface area contributed by atoms with Gasteiger partial charge in [-0.1, -0.05) is 48.5 Å². The number of ether oxygens (including phenoxy) is 1. The smallest absolute Gasteiger partial charge is 0.228 e. The molecule has 3 aromatic rings. The SMILES string of the molecule is COc1ccccc1CCNc1ccc(NC(=O)Cc2ccccc2)cn1. The first kappa shape index (κ1) is 18.5. The van der Waals surface area contributed by atoms with Gasteiger partial charge in [0, 0.05) is 6.54 Å². The van der Waals surface area contributed by atoms with Crippen molar-refractivity contribution in [2.45, 2.75) is 12.8 Å². The molecule has 3 rings (SSSR count). The van der Waals surface area contributed by atoms with Gasteiger partial charge in [0.1, 0.15) is 11.6 Å². The van der Waals surface area contributed by atoms with Gasteiger partial charge in [-0.15, -0.1) is 0 Å². The van der Waals surface area contributed by atoms with Crippen LogP contribution in [0.2, 0.25) is 0 Å². The van der Waals surface area contributed by atoms with Crippen LogP contribution in [-0.2, 0) is 17.6 Å². The Morgan fingerprint density at radius 2 is 1.78 bits per heavy atom. The van der Waals surface area contributed by atoms with Gasteiger partial charge in [-0.05, 0) is 35.7 Å². The third kappa shape index (κ3) is 5.57. The molecule has 1 heterocycles. The Balaban J connectivity index is 1.48. The van der Waals surface area contributed by atoms with E-state index in [0.717, 1.165) is 35.7 Å². The molecule has 0 spiro atoms. The Kier molecular flexibility index (Phi) is 6.41. The maximum atomic E-state index is 12.1. The van der Waals surface area contributed by atoms with Crippen LogP contribution in [0.25, 0.3) is 0 Å². The summed E-state index contributed by atoms with van der Waals surface area (Å²) in [5.41, 5.74) is 2.82. The number of methoxy groups -OCH3 is 1. The molecule has 0 atom stereocenters. The van der Waals surface area contributed by atoms with Gasteiger partial charge in [0.15, 0.2) is 0 Å². The van der Waals surface area contributed by atoms with Crippen molar-refractivity contribution < 1.29 is 9.53 Å². The predicted molar refractivity (Wildman–Crippen MR) is 108 cm³/mol. The van der Waals surface area contributed by atoms with E-state index in [9.17, 15) is 4.79 Å². The second-order valence-electron chi connectivity index (χ2n) is 6.13. The number of anilines is 2. The number of pyridine rings is 1. The summed E-state index contributed by atoms with van der Waals surface area (Å²) in [7, 11) is 1.68. The first-order valence-electron chi connectivity index (χ1n) is 8.90. The van der Waals surface area contributed by atoms with Crippen LogP contribution in [0.15, 0.2) is 72.9 Å². The Morgan fingerprint density at radius 3 is 2.52 bits per heavy atom. The van der Waals surface area contributed by atoms with Gasteiger partial charge in [0.05, 0.1) is 25.4 Å². The fraction of sp³-hybridized carbons (Fsp3) is 0.182. The van der Waals surface area contributed by atoms with Crippen LogP contribution >= 0.6 is 0 Å². The van der Waals surface area contributed by atoms with Gasteiger partial charge in [-0.2, -0.15) is 0 Å². The number of para-hydroxylation sites is 1. The van der Waals surface area contributed by atoms with E-state index in [1.54, 1.807) is 13.3 Å². The molecule has 1 amide bonds. The standard InChI is InChI=1S/C22H23N3O2/c1-27-20-10-6-5-9-18(20)13-14-23-21-12-11-19(16-24-21)25-22(26)15-17-7-3-2-4-8-17/h2-12,16H,13-15H2,1H3,(H,23,24)(H,25,26). The largest absolute Gasteiger partial charge is 0.496 e. The minimum atomic E-state index is -0.0557. The zero-order valence-electron chi connectivity index (χ0n) is 15.3. The number of benzene rings is 2. The van der Waals surface area contributed by atoms with Crippen molar-refractivity contribution >= 4 is 17.4 Å².